The molecule has 3 aromatic rings. The number of aromatic nitrogens is 2. The van der Waals surface area contributed by atoms with Gasteiger partial charge in [0.25, 0.3) is 5.91 Å². The number of ether oxygens (including phenoxy) is 2. The van der Waals surface area contributed by atoms with Crippen LogP contribution in [0.25, 0.3) is 0 Å². The van der Waals surface area contributed by atoms with Crippen LogP contribution in [0.15, 0.2) is 42.7 Å². The lowest BCUT2D eigenvalue weighted by molar-refractivity contribution is 0.102. The average Bonchev–Trinajstić information content (AvgIpc) is 2.70. The van der Waals surface area contributed by atoms with Gasteiger partial charge in [-0.1, -0.05) is 17.7 Å². The van der Waals surface area contributed by atoms with E-state index in [-0.39, 0.29) is 11.6 Å². The molecule has 2 N–H and O–H groups in total. The van der Waals surface area contributed by atoms with Crippen LogP contribution in [-0.2, 0) is 0 Å². The van der Waals surface area contributed by atoms with E-state index < -0.39 is 0 Å². The molecule has 1 aliphatic rings. The second kappa shape index (κ2) is 7.79. The van der Waals surface area contributed by atoms with Crippen molar-refractivity contribution in [1.82, 2.24) is 9.97 Å². The molecule has 0 saturated heterocycles. The van der Waals surface area contributed by atoms with Gasteiger partial charge in [0, 0.05) is 23.5 Å². The Morgan fingerprint density at radius 3 is 2.41 bits per heavy atom. The van der Waals surface area contributed by atoms with E-state index in [1.54, 1.807) is 6.07 Å². The van der Waals surface area contributed by atoms with E-state index in [4.69, 9.17) is 9.47 Å². The molecule has 0 aliphatic carbocycles. The Labute approximate surface area is 169 Å². The monoisotopic (exact) mass is 390 g/mol. The van der Waals surface area contributed by atoms with Crippen molar-refractivity contribution in [3.8, 4) is 11.5 Å². The van der Waals surface area contributed by atoms with Gasteiger partial charge in [-0.3, -0.25) is 4.79 Å². The summed E-state index contributed by atoms with van der Waals surface area (Å²) in [7, 11) is 0. The SMILES string of the molecule is Cc1cc(C)c(NC(=O)c2cc(Nc3ccc4c(c3)OCCO4)ncn2)c(C)c1. The highest BCUT2D eigenvalue weighted by atomic mass is 16.6. The van der Waals surface area contributed by atoms with Crippen molar-refractivity contribution in [2.24, 2.45) is 0 Å². The summed E-state index contributed by atoms with van der Waals surface area (Å²) in [5.74, 6) is 1.62. The molecule has 0 radical (unpaired) electrons. The third-order valence-corrected chi connectivity index (χ3v) is 4.63. The standard InChI is InChI=1S/C22H22N4O3/c1-13-8-14(2)21(15(3)9-13)26-22(27)17-11-20(24-12-23-17)25-16-4-5-18-19(10-16)29-7-6-28-18/h4-5,8-12H,6-7H2,1-3H3,(H,26,27)(H,23,24,25). The molecule has 148 valence electrons. The van der Waals surface area contributed by atoms with Crippen LogP contribution in [-0.4, -0.2) is 29.1 Å². The number of rotatable bonds is 4. The zero-order valence-corrected chi connectivity index (χ0v) is 16.6. The smallest absolute Gasteiger partial charge is 0.274 e. The minimum absolute atomic E-state index is 0.277. The third kappa shape index (κ3) is 4.13. The van der Waals surface area contributed by atoms with E-state index in [1.165, 1.54) is 6.33 Å². The first-order chi connectivity index (χ1) is 14.0. The summed E-state index contributed by atoms with van der Waals surface area (Å²) in [6.45, 7) is 7.05. The highest BCUT2D eigenvalue weighted by Crippen LogP contribution is 2.33. The lowest BCUT2D eigenvalue weighted by atomic mass is 10.0. The molecule has 7 heteroatoms. The number of benzene rings is 2. The number of anilines is 3. The molecule has 1 aliphatic heterocycles. The van der Waals surface area contributed by atoms with Crippen LogP contribution in [0.4, 0.5) is 17.2 Å². The van der Waals surface area contributed by atoms with Crippen molar-refractivity contribution in [3.05, 3.63) is 65.1 Å². The number of carbonyl (C=O) groups excluding carboxylic acids is 1. The lowest BCUT2D eigenvalue weighted by Crippen LogP contribution is -2.16. The molecule has 0 bridgehead atoms. The molecule has 0 fully saturated rings. The van der Waals surface area contributed by atoms with E-state index in [2.05, 4.69) is 20.6 Å². The van der Waals surface area contributed by atoms with E-state index in [1.807, 2.05) is 51.1 Å². The van der Waals surface area contributed by atoms with Gasteiger partial charge in [-0.2, -0.15) is 0 Å². The first-order valence-electron chi connectivity index (χ1n) is 9.37. The number of nitrogens with one attached hydrogen (secondary N) is 2. The van der Waals surface area contributed by atoms with Gasteiger partial charge in [0.1, 0.15) is 31.1 Å². The van der Waals surface area contributed by atoms with Gasteiger partial charge >= 0.3 is 0 Å². The normalized spacial score (nSPS) is 12.4. The topological polar surface area (TPSA) is 85.4 Å². The minimum Gasteiger partial charge on any atom is -0.486 e. The van der Waals surface area contributed by atoms with E-state index in [0.717, 1.165) is 28.1 Å². The minimum atomic E-state index is -0.285. The van der Waals surface area contributed by atoms with Gasteiger partial charge in [0.15, 0.2) is 11.5 Å². The maximum Gasteiger partial charge on any atom is 0.274 e. The molecule has 0 spiro atoms. The van der Waals surface area contributed by atoms with Crippen LogP contribution < -0.4 is 20.1 Å². The molecule has 4 rings (SSSR count). The summed E-state index contributed by atoms with van der Waals surface area (Å²) in [4.78, 5) is 21.1. The predicted octanol–water partition coefficient (Wildman–Crippen LogP) is 4.17. The quantitative estimate of drug-likeness (QED) is 0.695. The fourth-order valence-corrected chi connectivity index (χ4v) is 3.37. The zero-order valence-electron chi connectivity index (χ0n) is 16.6. The molecular weight excluding hydrogens is 368 g/mol. The van der Waals surface area contributed by atoms with Crippen molar-refractivity contribution in [3.63, 3.8) is 0 Å². The maximum atomic E-state index is 12.7. The Balaban J connectivity index is 1.52. The van der Waals surface area contributed by atoms with Crippen LogP contribution in [0.5, 0.6) is 11.5 Å². The van der Waals surface area contributed by atoms with Crippen LogP contribution in [0, 0.1) is 20.8 Å². The molecule has 0 unspecified atom stereocenters. The van der Waals surface area contributed by atoms with Crippen LogP contribution in [0.1, 0.15) is 27.2 Å². The Hall–Kier alpha value is -3.61. The fourth-order valence-electron chi connectivity index (χ4n) is 3.37. The number of hydrogen-bond acceptors (Lipinski definition) is 6. The van der Waals surface area contributed by atoms with Gasteiger partial charge < -0.3 is 20.1 Å². The average molecular weight is 390 g/mol. The summed E-state index contributed by atoms with van der Waals surface area (Å²) >= 11 is 0. The summed E-state index contributed by atoms with van der Waals surface area (Å²) < 4.78 is 11.1. The molecule has 7 nitrogen and oxygen atoms in total. The van der Waals surface area contributed by atoms with Gasteiger partial charge in [0.05, 0.1) is 0 Å². The second-order valence-electron chi connectivity index (χ2n) is 7.00. The zero-order chi connectivity index (χ0) is 20.4. The van der Waals surface area contributed by atoms with Crippen molar-refractivity contribution in [2.45, 2.75) is 20.8 Å². The van der Waals surface area contributed by atoms with E-state index in [9.17, 15) is 4.79 Å². The second-order valence-corrected chi connectivity index (χ2v) is 7.00. The number of amides is 1. The summed E-state index contributed by atoms with van der Waals surface area (Å²) in [6.07, 6.45) is 1.37. The highest BCUT2D eigenvalue weighted by Gasteiger charge is 2.14. The van der Waals surface area contributed by atoms with Crippen LogP contribution in [0.3, 0.4) is 0 Å². The summed E-state index contributed by atoms with van der Waals surface area (Å²) in [6, 6.07) is 11.2. The molecule has 29 heavy (non-hydrogen) atoms. The first-order valence-corrected chi connectivity index (χ1v) is 9.37. The predicted molar refractivity (Wildman–Crippen MR) is 111 cm³/mol. The Morgan fingerprint density at radius 2 is 1.66 bits per heavy atom. The van der Waals surface area contributed by atoms with E-state index in [0.29, 0.717) is 30.5 Å². The fraction of sp³-hybridized carbons (Fsp3) is 0.227. The molecule has 2 aromatic carbocycles. The lowest BCUT2D eigenvalue weighted by Gasteiger charge is -2.19. The molecule has 0 atom stereocenters. The van der Waals surface area contributed by atoms with Gasteiger partial charge in [-0.25, -0.2) is 9.97 Å². The van der Waals surface area contributed by atoms with Crippen LogP contribution in [0.2, 0.25) is 0 Å². The molecule has 1 amide bonds. The Kier molecular flexibility index (Phi) is 5.03. The number of fused-ring (bicyclic) bond motifs is 1. The van der Waals surface area contributed by atoms with Crippen molar-refractivity contribution >= 4 is 23.1 Å². The molecule has 0 saturated carbocycles. The van der Waals surface area contributed by atoms with Crippen molar-refractivity contribution in [1.29, 1.82) is 0 Å². The summed E-state index contributed by atoms with van der Waals surface area (Å²) in [5.41, 5.74) is 5.05. The van der Waals surface area contributed by atoms with Crippen molar-refractivity contribution < 1.29 is 14.3 Å². The number of aryl methyl sites for hydroxylation is 3. The number of nitrogens with zero attached hydrogens (tertiary/aromatic N) is 2. The van der Waals surface area contributed by atoms with Crippen LogP contribution >= 0.6 is 0 Å². The van der Waals surface area contributed by atoms with E-state index >= 15 is 0 Å². The molecular formula is C22H22N4O3. The molecule has 2 heterocycles. The third-order valence-electron chi connectivity index (χ3n) is 4.63. The van der Waals surface area contributed by atoms with Gasteiger partial charge in [-0.15, -0.1) is 0 Å². The van der Waals surface area contributed by atoms with Gasteiger partial charge in [0.2, 0.25) is 0 Å². The maximum absolute atomic E-state index is 12.7. The number of hydrogen-bond donors (Lipinski definition) is 2. The highest BCUT2D eigenvalue weighted by molar-refractivity contribution is 6.04. The summed E-state index contributed by atoms with van der Waals surface area (Å²) in [5, 5.41) is 6.14. The Bertz CT molecular complexity index is 1060. The largest absolute Gasteiger partial charge is 0.486 e. The van der Waals surface area contributed by atoms with Gasteiger partial charge in [-0.05, 0) is 44.0 Å². The Morgan fingerprint density at radius 1 is 0.931 bits per heavy atom. The number of carbonyl (C=O) groups is 1. The molecule has 1 aromatic heterocycles. The first kappa shape index (κ1) is 18.7. The van der Waals surface area contributed by atoms with Crippen molar-refractivity contribution in [2.75, 3.05) is 23.8 Å².